The highest BCUT2D eigenvalue weighted by atomic mass is 16.6. The number of hydrogen-bond acceptors (Lipinski definition) is 4. The van der Waals surface area contributed by atoms with Crippen LogP contribution in [0.3, 0.4) is 0 Å². The van der Waals surface area contributed by atoms with Gasteiger partial charge in [0, 0.05) is 6.04 Å². The summed E-state index contributed by atoms with van der Waals surface area (Å²) in [6.45, 7) is 11.5. The molecule has 1 N–H and O–H groups in total. The predicted molar refractivity (Wildman–Crippen MR) is 73.9 cm³/mol. The summed E-state index contributed by atoms with van der Waals surface area (Å²) >= 11 is 0. The third-order valence-corrected chi connectivity index (χ3v) is 2.62. The minimum Gasteiger partial charge on any atom is -0.466 e. The molecule has 0 radical (unpaired) electrons. The van der Waals surface area contributed by atoms with Crippen LogP contribution in [0, 0.1) is 5.92 Å². The van der Waals surface area contributed by atoms with Crippen molar-refractivity contribution in [2.75, 3.05) is 6.61 Å². The van der Waals surface area contributed by atoms with Gasteiger partial charge in [-0.2, -0.15) is 0 Å². The molecule has 1 amide bonds. The van der Waals surface area contributed by atoms with E-state index in [-0.39, 0.29) is 17.9 Å². The standard InChI is InChI=1S/C14H27NO4/c1-7-11(10(3)9-12(16)18-8-2)15-13(17)19-14(4,5)6/h10-11H,7-9H2,1-6H3,(H,15,17)/t10-,11-/m1/s1. The summed E-state index contributed by atoms with van der Waals surface area (Å²) in [6.07, 6.45) is 0.581. The summed E-state index contributed by atoms with van der Waals surface area (Å²) in [5.74, 6) is -0.226. The van der Waals surface area contributed by atoms with Crippen molar-refractivity contribution >= 4 is 12.1 Å². The monoisotopic (exact) mass is 273 g/mol. The third-order valence-electron chi connectivity index (χ3n) is 2.62. The van der Waals surface area contributed by atoms with Crippen LogP contribution in [-0.2, 0) is 14.3 Å². The van der Waals surface area contributed by atoms with Crippen LogP contribution in [0.25, 0.3) is 0 Å². The summed E-state index contributed by atoms with van der Waals surface area (Å²) in [5.41, 5.74) is -0.521. The Labute approximate surface area is 116 Å². The lowest BCUT2D eigenvalue weighted by Gasteiger charge is -2.26. The number of alkyl carbamates (subject to hydrolysis) is 1. The molecule has 0 saturated carbocycles. The lowest BCUT2D eigenvalue weighted by Crippen LogP contribution is -2.42. The lowest BCUT2D eigenvalue weighted by atomic mass is 9.96. The van der Waals surface area contributed by atoms with Gasteiger partial charge in [0.15, 0.2) is 0 Å². The SMILES string of the molecule is CCOC(=O)C[C@@H](C)[C@@H](CC)NC(=O)OC(C)(C)C. The molecule has 0 fully saturated rings. The van der Waals surface area contributed by atoms with Crippen LogP contribution in [0.15, 0.2) is 0 Å². The number of amides is 1. The van der Waals surface area contributed by atoms with Gasteiger partial charge in [0.2, 0.25) is 0 Å². The molecular formula is C14H27NO4. The lowest BCUT2D eigenvalue weighted by molar-refractivity contribution is -0.144. The molecule has 0 aromatic rings. The minimum atomic E-state index is -0.521. The largest absolute Gasteiger partial charge is 0.466 e. The third kappa shape index (κ3) is 8.46. The molecule has 112 valence electrons. The van der Waals surface area contributed by atoms with E-state index >= 15 is 0 Å². The zero-order chi connectivity index (χ0) is 15.1. The van der Waals surface area contributed by atoms with E-state index in [1.807, 2.05) is 34.6 Å². The van der Waals surface area contributed by atoms with E-state index in [0.29, 0.717) is 13.0 Å². The van der Waals surface area contributed by atoms with Gasteiger partial charge in [0.05, 0.1) is 13.0 Å². The van der Waals surface area contributed by atoms with E-state index in [9.17, 15) is 9.59 Å². The van der Waals surface area contributed by atoms with Crippen molar-refractivity contribution in [3.63, 3.8) is 0 Å². The molecule has 0 bridgehead atoms. The van der Waals surface area contributed by atoms with Crippen LogP contribution < -0.4 is 5.32 Å². The van der Waals surface area contributed by atoms with Crippen molar-refractivity contribution in [1.29, 1.82) is 0 Å². The fraction of sp³-hybridized carbons (Fsp3) is 0.857. The molecule has 0 aromatic heterocycles. The minimum absolute atomic E-state index is 0.0107. The van der Waals surface area contributed by atoms with Crippen LogP contribution in [0.2, 0.25) is 0 Å². The van der Waals surface area contributed by atoms with E-state index in [1.54, 1.807) is 6.92 Å². The first-order valence-corrected chi connectivity index (χ1v) is 6.84. The molecule has 19 heavy (non-hydrogen) atoms. The van der Waals surface area contributed by atoms with Gasteiger partial charge in [-0.15, -0.1) is 0 Å². The van der Waals surface area contributed by atoms with Gasteiger partial charge in [-0.1, -0.05) is 13.8 Å². The zero-order valence-electron chi connectivity index (χ0n) is 12.9. The number of carbonyl (C=O) groups is 2. The van der Waals surface area contributed by atoms with Crippen LogP contribution in [0.1, 0.15) is 54.4 Å². The van der Waals surface area contributed by atoms with Gasteiger partial charge < -0.3 is 14.8 Å². The Balaban J connectivity index is 4.33. The number of hydrogen-bond donors (Lipinski definition) is 1. The van der Waals surface area contributed by atoms with E-state index in [4.69, 9.17) is 9.47 Å². The predicted octanol–water partition coefficient (Wildman–Crippen LogP) is 2.88. The molecule has 0 saturated heterocycles. The molecule has 0 aromatic carbocycles. The highest BCUT2D eigenvalue weighted by Gasteiger charge is 2.23. The summed E-state index contributed by atoms with van der Waals surface area (Å²) in [6, 6.07) is -0.0979. The number of ether oxygens (including phenoxy) is 2. The average Bonchev–Trinajstić information content (AvgIpc) is 2.23. The van der Waals surface area contributed by atoms with Crippen molar-refractivity contribution < 1.29 is 19.1 Å². The highest BCUT2D eigenvalue weighted by Crippen LogP contribution is 2.14. The van der Waals surface area contributed by atoms with Gasteiger partial charge in [-0.05, 0) is 40.0 Å². The molecule has 0 aliphatic rings. The molecule has 5 heteroatoms. The Morgan fingerprint density at radius 1 is 1.21 bits per heavy atom. The number of nitrogens with one attached hydrogen (secondary N) is 1. The molecule has 0 aliphatic carbocycles. The normalized spacial score (nSPS) is 14.4. The van der Waals surface area contributed by atoms with Gasteiger partial charge in [0.25, 0.3) is 0 Å². The van der Waals surface area contributed by atoms with Crippen molar-refractivity contribution in [2.24, 2.45) is 5.92 Å². The fourth-order valence-corrected chi connectivity index (χ4v) is 1.73. The van der Waals surface area contributed by atoms with Crippen LogP contribution in [0.4, 0.5) is 4.79 Å². The van der Waals surface area contributed by atoms with Crippen molar-refractivity contribution in [3.8, 4) is 0 Å². The van der Waals surface area contributed by atoms with Crippen molar-refractivity contribution in [3.05, 3.63) is 0 Å². The first-order valence-electron chi connectivity index (χ1n) is 6.84. The second kappa shape index (κ2) is 8.02. The topological polar surface area (TPSA) is 64.6 Å². The maximum Gasteiger partial charge on any atom is 0.407 e. The molecule has 5 nitrogen and oxygen atoms in total. The van der Waals surface area contributed by atoms with Gasteiger partial charge in [-0.25, -0.2) is 4.79 Å². The van der Waals surface area contributed by atoms with E-state index in [1.165, 1.54) is 0 Å². The Kier molecular flexibility index (Phi) is 7.49. The summed E-state index contributed by atoms with van der Waals surface area (Å²) in [4.78, 5) is 23.1. The molecule has 0 spiro atoms. The maximum absolute atomic E-state index is 11.7. The second-order valence-electron chi connectivity index (χ2n) is 5.65. The zero-order valence-corrected chi connectivity index (χ0v) is 12.9. The van der Waals surface area contributed by atoms with Crippen LogP contribution in [0.5, 0.6) is 0 Å². The van der Waals surface area contributed by atoms with E-state index in [0.717, 1.165) is 6.42 Å². The van der Waals surface area contributed by atoms with Crippen LogP contribution >= 0.6 is 0 Å². The van der Waals surface area contributed by atoms with E-state index in [2.05, 4.69) is 5.32 Å². The van der Waals surface area contributed by atoms with Gasteiger partial charge in [0.1, 0.15) is 5.60 Å². The molecule has 2 atom stereocenters. The maximum atomic E-state index is 11.7. The average molecular weight is 273 g/mol. The summed E-state index contributed by atoms with van der Waals surface area (Å²) < 4.78 is 10.1. The Hall–Kier alpha value is -1.26. The van der Waals surface area contributed by atoms with Crippen molar-refractivity contribution in [1.82, 2.24) is 5.32 Å². The quantitative estimate of drug-likeness (QED) is 0.756. The van der Waals surface area contributed by atoms with Crippen LogP contribution in [-0.4, -0.2) is 30.3 Å². The Morgan fingerprint density at radius 3 is 2.21 bits per heavy atom. The molecule has 0 rings (SSSR count). The van der Waals surface area contributed by atoms with Gasteiger partial charge in [-0.3, -0.25) is 4.79 Å². The number of rotatable bonds is 6. The number of carbonyl (C=O) groups excluding carboxylic acids is 2. The van der Waals surface area contributed by atoms with E-state index < -0.39 is 11.7 Å². The fourth-order valence-electron chi connectivity index (χ4n) is 1.73. The van der Waals surface area contributed by atoms with Crippen molar-refractivity contribution in [2.45, 2.75) is 66.0 Å². The Bertz CT molecular complexity index is 296. The smallest absolute Gasteiger partial charge is 0.407 e. The molecular weight excluding hydrogens is 246 g/mol. The molecule has 0 aliphatic heterocycles. The highest BCUT2D eigenvalue weighted by molar-refractivity contribution is 5.70. The first kappa shape index (κ1) is 17.7. The first-order chi connectivity index (χ1) is 8.69. The number of esters is 1. The summed E-state index contributed by atoms with van der Waals surface area (Å²) in [7, 11) is 0. The summed E-state index contributed by atoms with van der Waals surface area (Å²) in [5, 5.41) is 2.80. The molecule has 0 heterocycles. The molecule has 0 unspecified atom stereocenters. The van der Waals surface area contributed by atoms with Gasteiger partial charge >= 0.3 is 12.1 Å². The second-order valence-corrected chi connectivity index (χ2v) is 5.65. The Morgan fingerprint density at radius 2 is 1.79 bits per heavy atom.